The van der Waals surface area contributed by atoms with Gasteiger partial charge >= 0.3 is 6.18 Å². The van der Waals surface area contributed by atoms with E-state index in [1.54, 1.807) is 18.2 Å². The number of para-hydroxylation sites is 1. The van der Waals surface area contributed by atoms with Gasteiger partial charge in [-0.3, -0.25) is 0 Å². The second-order valence-electron chi connectivity index (χ2n) is 4.07. The van der Waals surface area contributed by atoms with Crippen LogP contribution in [0.15, 0.2) is 60.3 Å². The Morgan fingerprint density at radius 2 is 1.50 bits per heavy atom. The number of rotatable bonds is 3. The number of halogens is 4. The molecule has 0 aliphatic rings. The lowest BCUT2D eigenvalue weighted by molar-refractivity contribution is -0.0893. The van der Waals surface area contributed by atoms with Crippen molar-refractivity contribution in [3.63, 3.8) is 0 Å². The van der Waals surface area contributed by atoms with Gasteiger partial charge in [0.1, 0.15) is 11.5 Å². The molecule has 0 spiro atoms. The standard InChI is InChI=1S/C15H11F4N/c16-12-8-4-5-9-13(12)20-14(15(17,18)19)10-11-6-2-1-3-7-11/h1-10,20H. The van der Waals surface area contributed by atoms with Gasteiger partial charge in [0.2, 0.25) is 0 Å². The fraction of sp³-hybridized carbons (Fsp3) is 0.0667. The van der Waals surface area contributed by atoms with E-state index in [1.165, 1.54) is 30.3 Å². The normalized spacial score (nSPS) is 12.3. The fourth-order valence-electron chi connectivity index (χ4n) is 1.61. The number of hydrogen-bond donors (Lipinski definition) is 1. The van der Waals surface area contributed by atoms with E-state index in [9.17, 15) is 17.6 Å². The summed E-state index contributed by atoms with van der Waals surface area (Å²) < 4.78 is 52.3. The molecule has 0 atom stereocenters. The first kappa shape index (κ1) is 14.1. The van der Waals surface area contributed by atoms with Crippen molar-refractivity contribution in [2.45, 2.75) is 6.18 Å². The molecule has 2 aromatic rings. The summed E-state index contributed by atoms with van der Waals surface area (Å²) in [6, 6.07) is 13.2. The first-order chi connectivity index (χ1) is 9.47. The third-order valence-electron chi connectivity index (χ3n) is 2.56. The van der Waals surface area contributed by atoms with E-state index in [-0.39, 0.29) is 5.69 Å². The Kier molecular flexibility index (Phi) is 4.08. The van der Waals surface area contributed by atoms with Crippen molar-refractivity contribution >= 4 is 11.8 Å². The topological polar surface area (TPSA) is 12.0 Å². The lowest BCUT2D eigenvalue weighted by atomic mass is 10.2. The summed E-state index contributed by atoms with van der Waals surface area (Å²) in [5.41, 5.74) is -0.857. The molecule has 0 unspecified atom stereocenters. The first-order valence-electron chi connectivity index (χ1n) is 5.82. The van der Waals surface area contributed by atoms with Gasteiger partial charge in [0.25, 0.3) is 0 Å². The first-order valence-corrected chi connectivity index (χ1v) is 5.82. The molecule has 0 saturated carbocycles. The van der Waals surface area contributed by atoms with Gasteiger partial charge in [-0.05, 0) is 23.8 Å². The largest absolute Gasteiger partial charge is 0.431 e. The maximum absolute atomic E-state index is 13.4. The third kappa shape index (κ3) is 3.60. The van der Waals surface area contributed by atoms with E-state index in [2.05, 4.69) is 5.32 Å². The van der Waals surface area contributed by atoms with Crippen molar-refractivity contribution in [3.8, 4) is 0 Å². The molecule has 0 aliphatic carbocycles. The number of hydrogen-bond acceptors (Lipinski definition) is 1. The Hall–Kier alpha value is -2.30. The molecule has 0 aliphatic heterocycles. The van der Waals surface area contributed by atoms with Gasteiger partial charge in [0, 0.05) is 0 Å². The SMILES string of the molecule is Fc1ccccc1NC(=Cc1ccccc1)C(F)(F)F. The highest BCUT2D eigenvalue weighted by Gasteiger charge is 2.34. The second-order valence-corrected chi connectivity index (χ2v) is 4.07. The molecule has 20 heavy (non-hydrogen) atoms. The molecule has 0 heterocycles. The monoisotopic (exact) mass is 281 g/mol. The van der Waals surface area contributed by atoms with Gasteiger partial charge < -0.3 is 5.32 Å². The molecule has 104 valence electrons. The summed E-state index contributed by atoms with van der Waals surface area (Å²) in [5.74, 6) is -0.740. The van der Waals surface area contributed by atoms with E-state index in [1.807, 2.05) is 0 Å². The van der Waals surface area contributed by atoms with Crippen LogP contribution in [0.25, 0.3) is 6.08 Å². The molecule has 0 fully saturated rings. The van der Waals surface area contributed by atoms with Crippen molar-refractivity contribution < 1.29 is 17.6 Å². The smallest absolute Gasteiger partial charge is 0.349 e. The van der Waals surface area contributed by atoms with Gasteiger partial charge in [-0.25, -0.2) is 4.39 Å². The maximum Gasteiger partial charge on any atom is 0.431 e. The van der Waals surface area contributed by atoms with Gasteiger partial charge in [-0.2, -0.15) is 13.2 Å². The minimum atomic E-state index is -4.60. The minimum absolute atomic E-state index is 0.216. The van der Waals surface area contributed by atoms with Crippen molar-refractivity contribution in [1.29, 1.82) is 0 Å². The molecule has 2 rings (SSSR count). The molecule has 0 bridgehead atoms. The van der Waals surface area contributed by atoms with E-state index >= 15 is 0 Å². The van der Waals surface area contributed by atoms with Crippen molar-refractivity contribution in [1.82, 2.24) is 0 Å². The zero-order valence-electron chi connectivity index (χ0n) is 10.3. The second kappa shape index (κ2) is 5.77. The van der Waals surface area contributed by atoms with Crippen LogP contribution in [0.3, 0.4) is 0 Å². The highest BCUT2D eigenvalue weighted by Crippen LogP contribution is 2.29. The van der Waals surface area contributed by atoms with Crippen LogP contribution in [0, 0.1) is 5.82 Å². The van der Waals surface area contributed by atoms with Crippen LogP contribution < -0.4 is 5.32 Å². The summed E-state index contributed by atoms with van der Waals surface area (Å²) in [5, 5.41) is 2.10. The molecule has 2 aromatic carbocycles. The summed E-state index contributed by atoms with van der Waals surface area (Å²) in [6.45, 7) is 0. The van der Waals surface area contributed by atoms with Crippen molar-refractivity contribution in [3.05, 3.63) is 71.7 Å². The van der Waals surface area contributed by atoms with Crippen LogP contribution in [0.1, 0.15) is 5.56 Å². The molecule has 0 saturated heterocycles. The number of benzene rings is 2. The summed E-state index contributed by atoms with van der Waals surface area (Å²) in [4.78, 5) is 0. The molecular formula is C15H11F4N. The molecular weight excluding hydrogens is 270 g/mol. The predicted molar refractivity (Wildman–Crippen MR) is 70.5 cm³/mol. The molecule has 5 heteroatoms. The highest BCUT2D eigenvalue weighted by atomic mass is 19.4. The van der Waals surface area contributed by atoms with E-state index in [0.717, 1.165) is 12.1 Å². The lowest BCUT2D eigenvalue weighted by Gasteiger charge is -2.15. The summed E-state index contributed by atoms with van der Waals surface area (Å²) in [6.07, 6.45) is -3.66. The van der Waals surface area contributed by atoms with Gasteiger partial charge in [0.05, 0.1) is 5.69 Å². The molecule has 1 N–H and O–H groups in total. The van der Waals surface area contributed by atoms with E-state index in [4.69, 9.17) is 0 Å². The van der Waals surface area contributed by atoms with E-state index in [0.29, 0.717) is 5.56 Å². The van der Waals surface area contributed by atoms with Crippen molar-refractivity contribution in [2.75, 3.05) is 5.32 Å². The predicted octanol–water partition coefficient (Wildman–Crippen LogP) is 4.84. The van der Waals surface area contributed by atoms with E-state index < -0.39 is 17.7 Å². The van der Waals surface area contributed by atoms with Crippen LogP contribution in [-0.4, -0.2) is 6.18 Å². The average molecular weight is 281 g/mol. The van der Waals surface area contributed by atoms with Crippen molar-refractivity contribution in [2.24, 2.45) is 0 Å². The minimum Gasteiger partial charge on any atom is -0.349 e. The maximum atomic E-state index is 13.4. The summed E-state index contributed by atoms with van der Waals surface area (Å²) in [7, 11) is 0. The third-order valence-corrected chi connectivity index (χ3v) is 2.56. The Balaban J connectivity index is 2.35. The van der Waals surface area contributed by atoms with Crippen LogP contribution in [0.2, 0.25) is 0 Å². The Labute approximate surface area is 113 Å². The Morgan fingerprint density at radius 1 is 0.900 bits per heavy atom. The van der Waals surface area contributed by atoms with Crippen LogP contribution >= 0.6 is 0 Å². The lowest BCUT2D eigenvalue weighted by Crippen LogP contribution is -2.19. The zero-order chi connectivity index (χ0) is 14.6. The number of nitrogens with one attached hydrogen (secondary N) is 1. The van der Waals surface area contributed by atoms with Gasteiger partial charge in [-0.15, -0.1) is 0 Å². The molecule has 0 radical (unpaired) electrons. The molecule has 0 amide bonds. The number of alkyl halides is 3. The van der Waals surface area contributed by atoms with Crippen LogP contribution in [0.5, 0.6) is 0 Å². The quantitative estimate of drug-likeness (QED) is 0.794. The van der Waals surface area contributed by atoms with Crippen LogP contribution in [-0.2, 0) is 0 Å². The zero-order valence-corrected chi connectivity index (χ0v) is 10.3. The molecule has 1 nitrogen and oxygen atoms in total. The van der Waals surface area contributed by atoms with Crippen LogP contribution in [0.4, 0.5) is 23.2 Å². The highest BCUT2D eigenvalue weighted by molar-refractivity contribution is 5.61. The Bertz CT molecular complexity index is 603. The Morgan fingerprint density at radius 3 is 2.10 bits per heavy atom. The fourth-order valence-corrected chi connectivity index (χ4v) is 1.61. The summed E-state index contributed by atoms with van der Waals surface area (Å²) >= 11 is 0. The molecule has 0 aromatic heterocycles. The van der Waals surface area contributed by atoms with Gasteiger partial charge in [0.15, 0.2) is 0 Å². The van der Waals surface area contributed by atoms with Gasteiger partial charge in [-0.1, -0.05) is 42.5 Å². The number of allylic oxidation sites excluding steroid dienone is 1. The average Bonchev–Trinajstić information content (AvgIpc) is 2.40. The number of anilines is 1.